The van der Waals surface area contributed by atoms with Crippen LogP contribution in [0.5, 0.6) is 0 Å². The number of aromatic nitrogens is 3. The van der Waals surface area contributed by atoms with Gasteiger partial charge in [-0.25, -0.2) is 0 Å². The van der Waals surface area contributed by atoms with Gasteiger partial charge in [0.15, 0.2) is 0 Å². The molecular weight excluding hydrogens is 354 g/mol. The standard InChI is InChI=1S/C21H21N5O2/c27-20-14-16(15-26(20)17-6-2-1-3-7-17)21(28)23-11-13-25-12-9-19(24-25)18-8-4-5-10-22-18/h1-10,12,16H,11,13-15H2,(H,23,28)/t16-/m1/s1. The summed E-state index contributed by atoms with van der Waals surface area (Å²) in [5.41, 5.74) is 2.45. The lowest BCUT2D eigenvalue weighted by Crippen LogP contribution is -2.34. The van der Waals surface area contributed by atoms with Gasteiger partial charge < -0.3 is 10.2 Å². The second kappa shape index (κ2) is 8.04. The summed E-state index contributed by atoms with van der Waals surface area (Å²) < 4.78 is 1.78. The number of para-hydroxylation sites is 1. The molecule has 7 nitrogen and oxygen atoms in total. The smallest absolute Gasteiger partial charge is 0.227 e. The van der Waals surface area contributed by atoms with Gasteiger partial charge in [0.05, 0.1) is 18.2 Å². The third-order valence-corrected chi connectivity index (χ3v) is 4.77. The van der Waals surface area contributed by atoms with Crippen LogP contribution < -0.4 is 10.2 Å². The molecule has 2 amide bonds. The molecule has 7 heteroatoms. The van der Waals surface area contributed by atoms with E-state index in [4.69, 9.17) is 0 Å². The Hall–Kier alpha value is -3.48. The molecule has 28 heavy (non-hydrogen) atoms. The minimum absolute atomic E-state index is 0.0153. The SMILES string of the molecule is O=C(NCCn1ccc(-c2ccccn2)n1)[C@@H]1CC(=O)N(c2ccccc2)C1. The third-order valence-electron chi connectivity index (χ3n) is 4.77. The van der Waals surface area contributed by atoms with Crippen LogP contribution in [0.15, 0.2) is 67.0 Å². The summed E-state index contributed by atoms with van der Waals surface area (Å²) >= 11 is 0. The Bertz CT molecular complexity index is 955. The molecule has 0 spiro atoms. The van der Waals surface area contributed by atoms with Crippen LogP contribution in [0.4, 0.5) is 5.69 Å². The number of pyridine rings is 1. The van der Waals surface area contributed by atoms with Crippen LogP contribution in [0.25, 0.3) is 11.4 Å². The van der Waals surface area contributed by atoms with Crippen LogP contribution >= 0.6 is 0 Å². The summed E-state index contributed by atoms with van der Waals surface area (Å²) in [5, 5.41) is 7.40. The summed E-state index contributed by atoms with van der Waals surface area (Å²) in [7, 11) is 0. The third kappa shape index (κ3) is 3.93. The lowest BCUT2D eigenvalue weighted by molar-refractivity contribution is -0.126. The zero-order chi connectivity index (χ0) is 19.3. The molecular formula is C21H21N5O2. The molecule has 1 saturated heterocycles. The molecule has 142 valence electrons. The van der Waals surface area contributed by atoms with Crippen molar-refractivity contribution in [2.24, 2.45) is 5.92 Å². The first-order valence-corrected chi connectivity index (χ1v) is 9.29. The van der Waals surface area contributed by atoms with Crippen molar-refractivity contribution in [2.75, 3.05) is 18.0 Å². The fraction of sp³-hybridized carbons (Fsp3) is 0.238. The Balaban J connectivity index is 1.28. The summed E-state index contributed by atoms with van der Waals surface area (Å²) in [6.45, 7) is 1.43. The molecule has 1 atom stereocenters. The quantitative estimate of drug-likeness (QED) is 0.716. The number of hydrogen-bond acceptors (Lipinski definition) is 4. The first kappa shape index (κ1) is 17.9. The first-order chi connectivity index (χ1) is 13.7. The van der Waals surface area contributed by atoms with Crippen LogP contribution in [0.2, 0.25) is 0 Å². The maximum atomic E-state index is 12.5. The number of nitrogens with one attached hydrogen (secondary N) is 1. The molecule has 3 heterocycles. The largest absolute Gasteiger partial charge is 0.354 e. The Labute approximate surface area is 163 Å². The van der Waals surface area contributed by atoms with Gasteiger partial charge in [-0.05, 0) is 30.3 Å². The average molecular weight is 375 g/mol. The van der Waals surface area contributed by atoms with Gasteiger partial charge >= 0.3 is 0 Å². The van der Waals surface area contributed by atoms with Gasteiger partial charge in [0.1, 0.15) is 5.69 Å². The van der Waals surface area contributed by atoms with E-state index in [0.717, 1.165) is 17.1 Å². The zero-order valence-corrected chi connectivity index (χ0v) is 15.4. The van der Waals surface area contributed by atoms with E-state index in [9.17, 15) is 9.59 Å². The molecule has 1 N–H and O–H groups in total. The van der Waals surface area contributed by atoms with Crippen molar-refractivity contribution in [1.82, 2.24) is 20.1 Å². The van der Waals surface area contributed by atoms with Crippen LogP contribution in [0.1, 0.15) is 6.42 Å². The van der Waals surface area contributed by atoms with Crippen molar-refractivity contribution in [2.45, 2.75) is 13.0 Å². The number of rotatable bonds is 6. The van der Waals surface area contributed by atoms with Crippen molar-refractivity contribution in [1.29, 1.82) is 0 Å². The van der Waals surface area contributed by atoms with Gasteiger partial charge in [-0.3, -0.25) is 19.3 Å². The molecule has 0 saturated carbocycles. The number of carbonyl (C=O) groups is 2. The normalized spacial score (nSPS) is 16.4. The highest BCUT2D eigenvalue weighted by Gasteiger charge is 2.34. The number of hydrogen-bond donors (Lipinski definition) is 1. The summed E-state index contributed by atoms with van der Waals surface area (Å²) in [4.78, 5) is 30.7. The molecule has 1 fully saturated rings. The van der Waals surface area contributed by atoms with Gasteiger partial charge in [0.2, 0.25) is 11.8 Å². The van der Waals surface area contributed by atoms with E-state index in [-0.39, 0.29) is 24.2 Å². The predicted octanol–water partition coefficient (Wildman–Crippen LogP) is 2.11. The summed E-state index contributed by atoms with van der Waals surface area (Å²) in [5.74, 6) is -0.434. The van der Waals surface area contributed by atoms with E-state index in [1.165, 1.54) is 0 Å². The van der Waals surface area contributed by atoms with E-state index in [1.807, 2.05) is 60.8 Å². The average Bonchev–Trinajstić information content (AvgIpc) is 3.36. The van der Waals surface area contributed by atoms with Gasteiger partial charge in [-0.2, -0.15) is 5.10 Å². The topological polar surface area (TPSA) is 80.1 Å². The molecule has 1 aromatic carbocycles. The maximum absolute atomic E-state index is 12.5. The lowest BCUT2D eigenvalue weighted by atomic mass is 10.1. The van der Waals surface area contributed by atoms with Gasteiger partial charge in [-0.1, -0.05) is 24.3 Å². The van der Waals surface area contributed by atoms with Crippen LogP contribution in [0, 0.1) is 5.92 Å². The van der Waals surface area contributed by atoms with Crippen LogP contribution in [-0.2, 0) is 16.1 Å². The second-order valence-corrected chi connectivity index (χ2v) is 6.71. The van der Waals surface area contributed by atoms with Crippen molar-refractivity contribution >= 4 is 17.5 Å². The van der Waals surface area contributed by atoms with E-state index >= 15 is 0 Å². The van der Waals surface area contributed by atoms with E-state index in [1.54, 1.807) is 15.8 Å². The van der Waals surface area contributed by atoms with Gasteiger partial charge in [0.25, 0.3) is 0 Å². The van der Waals surface area contributed by atoms with Crippen molar-refractivity contribution < 1.29 is 9.59 Å². The van der Waals surface area contributed by atoms with E-state index in [2.05, 4.69) is 15.4 Å². The van der Waals surface area contributed by atoms with Crippen molar-refractivity contribution in [3.8, 4) is 11.4 Å². The maximum Gasteiger partial charge on any atom is 0.227 e. The molecule has 3 aromatic rings. The number of anilines is 1. The first-order valence-electron chi connectivity index (χ1n) is 9.29. The lowest BCUT2D eigenvalue weighted by Gasteiger charge is -2.16. The molecule has 2 aromatic heterocycles. The highest BCUT2D eigenvalue weighted by atomic mass is 16.2. The second-order valence-electron chi connectivity index (χ2n) is 6.71. The van der Waals surface area contributed by atoms with E-state index in [0.29, 0.717) is 19.6 Å². The molecule has 0 unspecified atom stereocenters. The highest BCUT2D eigenvalue weighted by molar-refractivity contribution is 6.00. The Morgan fingerprint density at radius 1 is 1.07 bits per heavy atom. The molecule has 4 rings (SSSR count). The number of benzene rings is 1. The molecule has 0 aliphatic carbocycles. The van der Waals surface area contributed by atoms with E-state index < -0.39 is 0 Å². The monoisotopic (exact) mass is 375 g/mol. The highest BCUT2D eigenvalue weighted by Crippen LogP contribution is 2.24. The fourth-order valence-corrected chi connectivity index (χ4v) is 3.32. The Morgan fingerprint density at radius 2 is 1.89 bits per heavy atom. The van der Waals surface area contributed by atoms with Crippen LogP contribution in [-0.4, -0.2) is 39.7 Å². The molecule has 1 aliphatic heterocycles. The predicted molar refractivity (Wildman–Crippen MR) is 105 cm³/mol. The molecule has 1 aliphatic rings. The van der Waals surface area contributed by atoms with Gasteiger partial charge in [0, 0.05) is 37.6 Å². The van der Waals surface area contributed by atoms with Gasteiger partial charge in [-0.15, -0.1) is 0 Å². The minimum Gasteiger partial charge on any atom is -0.354 e. The number of nitrogens with zero attached hydrogens (tertiary/aromatic N) is 4. The fourth-order valence-electron chi connectivity index (χ4n) is 3.32. The molecule has 0 radical (unpaired) electrons. The zero-order valence-electron chi connectivity index (χ0n) is 15.4. The van der Waals surface area contributed by atoms with Crippen LogP contribution in [0.3, 0.4) is 0 Å². The van der Waals surface area contributed by atoms with Crippen molar-refractivity contribution in [3.63, 3.8) is 0 Å². The van der Waals surface area contributed by atoms with Crippen molar-refractivity contribution in [3.05, 3.63) is 67.0 Å². The number of amides is 2. The minimum atomic E-state index is -0.325. The number of carbonyl (C=O) groups excluding carboxylic acids is 2. The Kier molecular flexibility index (Phi) is 5.14. The summed E-state index contributed by atoms with van der Waals surface area (Å²) in [6, 6.07) is 17.0. The Morgan fingerprint density at radius 3 is 2.68 bits per heavy atom. The molecule has 0 bridgehead atoms. The summed E-state index contributed by atoms with van der Waals surface area (Å²) in [6.07, 6.45) is 3.84.